The van der Waals surface area contributed by atoms with Crippen molar-refractivity contribution in [2.75, 3.05) is 4.90 Å². The standard InChI is InChI=1S/C18H21N5O3S/c1-18(2,3)26-17(25)23(16-22-21-10-27-16)15(24)13(19)8-11-9-20-14-7-5-4-6-12(11)14/h4-7,9-10,13,20H,8,19H2,1-3H3/t13-/m0/s1. The Morgan fingerprint density at radius 3 is 2.74 bits per heavy atom. The number of carbonyl (C=O) groups excluding carboxylic acids is 2. The minimum atomic E-state index is -0.944. The van der Waals surface area contributed by atoms with Crippen molar-refractivity contribution >= 4 is 39.4 Å². The van der Waals surface area contributed by atoms with Crippen molar-refractivity contribution in [3.05, 3.63) is 41.5 Å². The number of ether oxygens (including phenoxy) is 1. The molecule has 3 N–H and O–H groups in total. The molecule has 9 heteroatoms. The van der Waals surface area contributed by atoms with Crippen LogP contribution in [-0.4, -0.2) is 38.8 Å². The summed E-state index contributed by atoms with van der Waals surface area (Å²) in [5.41, 5.74) is 8.68. The highest BCUT2D eigenvalue weighted by molar-refractivity contribution is 7.13. The van der Waals surface area contributed by atoms with E-state index in [4.69, 9.17) is 10.5 Å². The van der Waals surface area contributed by atoms with Crippen LogP contribution in [0.3, 0.4) is 0 Å². The fraction of sp³-hybridized carbons (Fsp3) is 0.333. The molecule has 0 aliphatic heterocycles. The molecule has 0 aliphatic carbocycles. The number of aromatic nitrogens is 3. The van der Waals surface area contributed by atoms with Crippen molar-refractivity contribution in [1.29, 1.82) is 0 Å². The van der Waals surface area contributed by atoms with Crippen LogP contribution in [0.15, 0.2) is 36.0 Å². The van der Waals surface area contributed by atoms with Crippen LogP contribution in [0.2, 0.25) is 0 Å². The molecule has 142 valence electrons. The smallest absolute Gasteiger partial charge is 0.423 e. The van der Waals surface area contributed by atoms with E-state index in [0.29, 0.717) is 0 Å². The average molecular weight is 387 g/mol. The lowest BCUT2D eigenvalue weighted by atomic mass is 10.0. The molecule has 2 aromatic heterocycles. The molecule has 0 unspecified atom stereocenters. The van der Waals surface area contributed by atoms with Crippen LogP contribution in [0, 0.1) is 0 Å². The summed E-state index contributed by atoms with van der Waals surface area (Å²) in [6.45, 7) is 5.17. The number of hydrogen-bond donors (Lipinski definition) is 2. The molecule has 2 heterocycles. The number of amides is 2. The fourth-order valence-electron chi connectivity index (χ4n) is 2.63. The Hall–Kier alpha value is -2.78. The number of hydrogen-bond acceptors (Lipinski definition) is 7. The summed E-state index contributed by atoms with van der Waals surface area (Å²) in [6, 6.07) is 6.80. The molecule has 0 fully saturated rings. The van der Waals surface area contributed by atoms with Gasteiger partial charge in [0.2, 0.25) is 5.13 Å². The number of nitrogens with two attached hydrogens (primary N) is 1. The van der Waals surface area contributed by atoms with Crippen LogP contribution in [0.5, 0.6) is 0 Å². The van der Waals surface area contributed by atoms with Gasteiger partial charge in [0.15, 0.2) is 0 Å². The summed E-state index contributed by atoms with van der Waals surface area (Å²) < 4.78 is 5.34. The second kappa shape index (κ2) is 7.45. The van der Waals surface area contributed by atoms with Crippen molar-refractivity contribution in [2.24, 2.45) is 5.73 Å². The Morgan fingerprint density at radius 2 is 2.07 bits per heavy atom. The second-order valence-corrected chi connectivity index (χ2v) is 7.86. The summed E-state index contributed by atoms with van der Waals surface area (Å²) in [5.74, 6) is -0.591. The molecule has 0 radical (unpaired) electrons. The first-order valence-electron chi connectivity index (χ1n) is 8.40. The molecule has 0 saturated carbocycles. The Balaban J connectivity index is 1.84. The van der Waals surface area contributed by atoms with Gasteiger partial charge in [-0.1, -0.05) is 29.5 Å². The van der Waals surface area contributed by atoms with Crippen LogP contribution < -0.4 is 10.6 Å². The zero-order valence-corrected chi connectivity index (χ0v) is 16.1. The molecular weight excluding hydrogens is 366 g/mol. The van der Waals surface area contributed by atoms with E-state index in [9.17, 15) is 9.59 Å². The highest BCUT2D eigenvalue weighted by atomic mass is 32.1. The van der Waals surface area contributed by atoms with E-state index in [-0.39, 0.29) is 11.6 Å². The molecule has 2 amide bonds. The molecule has 3 rings (SSSR count). The number of H-pyrrole nitrogens is 1. The molecule has 0 bridgehead atoms. The first-order valence-corrected chi connectivity index (χ1v) is 9.28. The fourth-order valence-corrected chi connectivity index (χ4v) is 3.18. The van der Waals surface area contributed by atoms with E-state index in [1.54, 1.807) is 20.8 Å². The first kappa shape index (κ1) is 19.0. The third-order valence-corrected chi connectivity index (χ3v) is 4.44. The van der Waals surface area contributed by atoms with Crippen molar-refractivity contribution in [1.82, 2.24) is 15.2 Å². The van der Waals surface area contributed by atoms with Crippen LogP contribution >= 0.6 is 11.3 Å². The largest absolute Gasteiger partial charge is 0.443 e. The molecular formula is C18H21N5O3S. The van der Waals surface area contributed by atoms with Gasteiger partial charge in [-0.2, -0.15) is 4.90 Å². The van der Waals surface area contributed by atoms with Gasteiger partial charge >= 0.3 is 6.09 Å². The van der Waals surface area contributed by atoms with E-state index in [2.05, 4.69) is 15.2 Å². The molecule has 0 saturated heterocycles. The Bertz CT molecular complexity index is 945. The van der Waals surface area contributed by atoms with Crippen LogP contribution in [0.25, 0.3) is 10.9 Å². The number of rotatable bonds is 4. The lowest BCUT2D eigenvalue weighted by molar-refractivity contribution is -0.119. The molecule has 1 aromatic carbocycles. The lowest BCUT2D eigenvalue weighted by Crippen LogP contribution is -2.49. The van der Waals surface area contributed by atoms with E-state index < -0.39 is 23.6 Å². The number of carbonyl (C=O) groups is 2. The quantitative estimate of drug-likeness (QED) is 0.711. The molecule has 1 atom stereocenters. The summed E-state index contributed by atoms with van der Waals surface area (Å²) in [7, 11) is 0. The maximum Gasteiger partial charge on any atom is 0.423 e. The number of nitrogens with one attached hydrogen (secondary N) is 1. The van der Waals surface area contributed by atoms with E-state index >= 15 is 0 Å². The van der Waals surface area contributed by atoms with Crippen molar-refractivity contribution in [3.8, 4) is 0 Å². The van der Waals surface area contributed by atoms with Gasteiger partial charge < -0.3 is 15.5 Å². The van der Waals surface area contributed by atoms with Gasteiger partial charge in [-0.15, -0.1) is 10.2 Å². The highest BCUT2D eigenvalue weighted by Crippen LogP contribution is 2.23. The van der Waals surface area contributed by atoms with Crippen LogP contribution in [-0.2, 0) is 16.0 Å². The third kappa shape index (κ3) is 4.32. The van der Waals surface area contributed by atoms with Gasteiger partial charge in [-0.3, -0.25) is 4.79 Å². The van der Waals surface area contributed by atoms with Gasteiger partial charge in [0, 0.05) is 17.1 Å². The first-order chi connectivity index (χ1) is 12.8. The average Bonchev–Trinajstić information content (AvgIpc) is 3.24. The number of nitrogens with zero attached hydrogens (tertiary/aromatic N) is 3. The van der Waals surface area contributed by atoms with Crippen LogP contribution in [0.1, 0.15) is 26.3 Å². The maximum atomic E-state index is 13.0. The van der Waals surface area contributed by atoms with Gasteiger partial charge in [0.05, 0.1) is 6.04 Å². The Kier molecular flexibility index (Phi) is 5.24. The van der Waals surface area contributed by atoms with Crippen molar-refractivity contribution in [3.63, 3.8) is 0 Å². The number of anilines is 1. The SMILES string of the molecule is CC(C)(C)OC(=O)N(C(=O)[C@@H](N)Cc1c[nH]c2ccccc12)c1nncs1. The second-order valence-electron chi connectivity index (χ2n) is 7.05. The van der Waals surface area contributed by atoms with E-state index in [0.717, 1.165) is 32.7 Å². The van der Waals surface area contributed by atoms with Crippen LogP contribution in [0.4, 0.5) is 9.93 Å². The number of fused-ring (bicyclic) bond motifs is 1. The monoisotopic (exact) mass is 387 g/mol. The predicted octanol–water partition coefficient (Wildman–Crippen LogP) is 2.86. The maximum absolute atomic E-state index is 13.0. The number of benzene rings is 1. The third-order valence-electron chi connectivity index (χ3n) is 3.77. The predicted molar refractivity (Wildman–Crippen MR) is 104 cm³/mol. The lowest BCUT2D eigenvalue weighted by Gasteiger charge is -2.26. The molecule has 8 nitrogen and oxygen atoms in total. The summed E-state index contributed by atoms with van der Waals surface area (Å²) in [4.78, 5) is 29.6. The molecule has 27 heavy (non-hydrogen) atoms. The van der Waals surface area contributed by atoms with Gasteiger partial charge in [0.25, 0.3) is 5.91 Å². The Labute approximate surface area is 160 Å². The normalized spacial score (nSPS) is 12.7. The van der Waals surface area contributed by atoms with Crippen molar-refractivity contribution in [2.45, 2.75) is 38.8 Å². The van der Waals surface area contributed by atoms with Gasteiger partial charge in [0.1, 0.15) is 11.1 Å². The summed E-state index contributed by atoms with van der Waals surface area (Å²) >= 11 is 1.06. The molecule has 0 aliphatic rings. The van der Waals surface area contributed by atoms with Crippen molar-refractivity contribution < 1.29 is 14.3 Å². The summed E-state index contributed by atoms with van der Waals surface area (Å²) in [6.07, 6.45) is 1.26. The minimum Gasteiger partial charge on any atom is -0.443 e. The molecule has 0 spiro atoms. The molecule has 3 aromatic rings. The highest BCUT2D eigenvalue weighted by Gasteiger charge is 2.34. The topological polar surface area (TPSA) is 114 Å². The van der Waals surface area contributed by atoms with Gasteiger partial charge in [-0.05, 0) is 38.8 Å². The number of aromatic amines is 1. The Morgan fingerprint density at radius 1 is 1.33 bits per heavy atom. The summed E-state index contributed by atoms with van der Waals surface area (Å²) in [5, 5.41) is 8.65. The van der Waals surface area contributed by atoms with E-state index in [1.807, 2.05) is 30.5 Å². The zero-order chi connectivity index (χ0) is 19.6. The number of imide groups is 1. The van der Waals surface area contributed by atoms with E-state index in [1.165, 1.54) is 5.51 Å². The number of para-hydroxylation sites is 1. The van der Waals surface area contributed by atoms with Gasteiger partial charge in [-0.25, -0.2) is 4.79 Å². The minimum absolute atomic E-state index is 0.128. The zero-order valence-electron chi connectivity index (χ0n) is 15.3.